The third-order valence-corrected chi connectivity index (χ3v) is 4.80. The standard InChI is InChI=1S/C15H20BrNO/c1-4-15(2,3)14(18)17-13-11-8-6-5-7-10(11)9-12(13)16/h5-8,12-13H,4,9H2,1-3H3,(H,17,18). The van der Waals surface area contributed by atoms with Crippen molar-refractivity contribution in [2.75, 3.05) is 0 Å². The van der Waals surface area contributed by atoms with E-state index in [0.29, 0.717) is 4.83 Å². The van der Waals surface area contributed by atoms with Crippen molar-refractivity contribution < 1.29 is 4.79 Å². The van der Waals surface area contributed by atoms with Crippen LogP contribution in [0, 0.1) is 5.41 Å². The van der Waals surface area contributed by atoms with Crippen molar-refractivity contribution in [1.29, 1.82) is 0 Å². The Labute approximate surface area is 117 Å². The van der Waals surface area contributed by atoms with Crippen LogP contribution < -0.4 is 5.32 Å². The first-order chi connectivity index (χ1) is 8.45. The molecule has 0 spiro atoms. The molecular formula is C15H20BrNO. The summed E-state index contributed by atoms with van der Waals surface area (Å²) in [6.45, 7) is 6.03. The maximum Gasteiger partial charge on any atom is 0.226 e. The smallest absolute Gasteiger partial charge is 0.226 e. The molecule has 1 amide bonds. The van der Waals surface area contributed by atoms with Crippen LogP contribution in [0.2, 0.25) is 0 Å². The highest BCUT2D eigenvalue weighted by Crippen LogP contribution is 2.36. The van der Waals surface area contributed by atoms with Crippen LogP contribution in [0.25, 0.3) is 0 Å². The number of hydrogen-bond acceptors (Lipinski definition) is 1. The highest BCUT2D eigenvalue weighted by atomic mass is 79.9. The van der Waals surface area contributed by atoms with Gasteiger partial charge in [-0.05, 0) is 24.0 Å². The van der Waals surface area contributed by atoms with Crippen molar-refractivity contribution in [3.8, 4) is 0 Å². The van der Waals surface area contributed by atoms with E-state index in [1.165, 1.54) is 11.1 Å². The lowest BCUT2D eigenvalue weighted by Gasteiger charge is -2.26. The molecule has 1 aromatic carbocycles. The Balaban J connectivity index is 2.18. The SMILES string of the molecule is CCC(C)(C)C(=O)NC1c2ccccc2CC1Br. The fraction of sp³-hybridized carbons (Fsp3) is 0.533. The summed E-state index contributed by atoms with van der Waals surface area (Å²) < 4.78 is 0. The second-order valence-electron chi connectivity index (χ2n) is 5.61. The maximum atomic E-state index is 12.3. The highest BCUT2D eigenvalue weighted by Gasteiger charge is 2.34. The Bertz CT molecular complexity index is 456. The van der Waals surface area contributed by atoms with Crippen molar-refractivity contribution in [3.05, 3.63) is 35.4 Å². The van der Waals surface area contributed by atoms with E-state index in [1.807, 2.05) is 26.8 Å². The first-order valence-electron chi connectivity index (χ1n) is 6.48. The van der Waals surface area contributed by atoms with Gasteiger partial charge in [-0.1, -0.05) is 61.0 Å². The number of nitrogens with one attached hydrogen (secondary N) is 1. The second kappa shape index (κ2) is 5.04. The van der Waals surface area contributed by atoms with Crippen molar-refractivity contribution >= 4 is 21.8 Å². The van der Waals surface area contributed by atoms with Gasteiger partial charge in [0.1, 0.15) is 0 Å². The van der Waals surface area contributed by atoms with Crippen LogP contribution in [0.3, 0.4) is 0 Å². The van der Waals surface area contributed by atoms with Crippen LogP contribution in [0.15, 0.2) is 24.3 Å². The van der Waals surface area contributed by atoms with Gasteiger partial charge in [-0.25, -0.2) is 0 Å². The minimum absolute atomic E-state index is 0.0968. The molecule has 0 radical (unpaired) electrons. The number of halogens is 1. The maximum absolute atomic E-state index is 12.3. The molecule has 2 atom stereocenters. The molecule has 0 saturated carbocycles. The van der Waals surface area contributed by atoms with Crippen LogP contribution in [0.5, 0.6) is 0 Å². The zero-order chi connectivity index (χ0) is 13.3. The monoisotopic (exact) mass is 309 g/mol. The van der Waals surface area contributed by atoms with Gasteiger partial charge < -0.3 is 5.32 Å². The van der Waals surface area contributed by atoms with Gasteiger partial charge in [-0.3, -0.25) is 4.79 Å². The van der Waals surface area contributed by atoms with Crippen molar-refractivity contribution in [1.82, 2.24) is 5.32 Å². The lowest BCUT2D eigenvalue weighted by molar-refractivity contribution is -0.130. The van der Waals surface area contributed by atoms with Gasteiger partial charge in [0.05, 0.1) is 6.04 Å². The minimum atomic E-state index is -0.301. The molecule has 2 unspecified atom stereocenters. The number of amides is 1. The molecule has 2 rings (SSSR count). The molecule has 0 saturated heterocycles. The van der Waals surface area contributed by atoms with E-state index in [1.54, 1.807) is 0 Å². The van der Waals surface area contributed by atoms with E-state index < -0.39 is 0 Å². The molecule has 1 N–H and O–H groups in total. The van der Waals surface area contributed by atoms with E-state index >= 15 is 0 Å². The quantitative estimate of drug-likeness (QED) is 0.849. The average Bonchev–Trinajstić information content (AvgIpc) is 2.66. The lowest BCUT2D eigenvalue weighted by Crippen LogP contribution is -2.40. The molecule has 3 heteroatoms. The Morgan fingerprint density at radius 3 is 2.78 bits per heavy atom. The average molecular weight is 310 g/mol. The molecule has 2 nitrogen and oxygen atoms in total. The van der Waals surface area contributed by atoms with Crippen LogP contribution in [0.4, 0.5) is 0 Å². The zero-order valence-corrected chi connectivity index (χ0v) is 12.8. The topological polar surface area (TPSA) is 29.1 Å². The summed E-state index contributed by atoms with van der Waals surface area (Å²) >= 11 is 3.69. The van der Waals surface area contributed by atoms with Gasteiger partial charge in [0, 0.05) is 10.2 Å². The van der Waals surface area contributed by atoms with Crippen LogP contribution in [0.1, 0.15) is 44.4 Å². The molecule has 98 valence electrons. The number of fused-ring (bicyclic) bond motifs is 1. The fourth-order valence-electron chi connectivity index (χ4n) is 2.21. The summed E-state index contributed by atoms with van der Waals surface area (Å²) in [5.74, 6) is 0.135. The van der Waals surface area contributed by atoms with Gasteiger partial charge in [-0.2, -0.15) is 0 Å². The van der Waals surface area contributed by atoms with Crippen LogP contribution in [-0.4, -0.2) is 10.7 Å². The zero-order valence-electron chi connectivity index (χ0n) is 11.2. The third-order valence-electron chi connectivity index (χ3n) is 3.95. The molecule has 0 aromatic heterocycles. The van der Waals surface area contributed by atoms with Gasteiger partial charge in [0.15, 0.2) is 0 Å². The summed E-state index contributed by atoms with van der Waals surface area (Å²) in [5.41, 5.74) is 2.28. The predicted molar refractivity (Wildman–Crippen MR) is 77.8 cm³/mol. The number of alkyl halides is 1. The molecule has 18 heavy (non-hydrogen) atoms. The summed E-state index contributed by atoms with van der Waals surface area (Å²) in [6, 6.07) is 8.44. The summed E-state index contributed by atoms with van der Waals surface area (Å²) in [4.78, 5) is 12.6. The molecular weight excluding hydrogens is 290 g/mol. The Morgan fingerprint density at radius 2 is 2.11 bits per heavy atom. The predicted octanol–water partition coefficient (Wildman–Crippen LogP) is 3.60. The summed E-state index contributed by atoms with van der Waals surface area (Å²) in [7, 11) is 0. The van der Waals surface area contributed by atoms with E-state index in [-0.39, 0.29) is 17.4 Å². The molecule has 0 fully saturated rings. The largest absolute Gasteiger partial charge is 0.348 e. The first kappa shape index (κ1) is 13.6. The number of hydrogen-bond donors (Lipinski definition) is 1. The Morgan fingerprint density at radius 1 is 1.44 bits per heavy atom. The van der Waals surface area contributed by atoms with E-state index in [0.717, 1.165) is 12.8 Å². The highest BCUT2D eigenvalue weighted by molar-refractivity contribution is 9.09. The second-order valence-corrected chi connectivity index (χ2v) is 6.78. The van der Waals surface area contributed by atoms with Gasteiger partial charge >= 0.3 is 0 Å². The van der Waals surface area contributed by atoms with Crippen molar-refractivity contribution in [3.63, 3.8) is 0 Å². The summed E-state index contributed by atoms with van der Waals surface area (Å²) in [6.07, 6.45) is 1.83. The lowest BCUT2D eigenvalue weighted by atomic mass is 9.88. The van der Waals surface area contributed by atoms with Gasteiger partial charge in [0.25, 0.3) is 0 Å². The number of rotatable bonds is 3. The first-order valence-corrected chi connectivity index (χ1v) is 7.40. The molecule has 0 aliphatic heterocycles. The van der Waals surface area contributed by atoms with E-state index in [2.05, 4.69) is 39.4 Å². The van der Waals surface area contributed by atoms with Crippen LogP contribution >= 0.6 is 15.9 Å². The fourth-order valence-corrected chi connectivity index (χ4v) is 2.98. The third kappa shape index (κ3) is 2.46. The van der Waals surface area contributed by atoms with Crippen molar-refractivity contribution in [2.24, 2.45) is 5.41 Å². The van der Waals surface area contributed by atoms with Gasteiger partial charge in [-0.15, -0.1) is 0 Å². The molecule has 1 aliphatic rings. The van der Waals surface area contributed by atoms with E-state index in [9.17, 15) is 4.79 Å². The van der Waals surface area contributed by atoms with Crippen molar-refractivity contribution in [2.45, 2.75) is 44.5 Å². The van der Waals surface area contributed by atoms with E-state index in [4.69, 9.17) is 0 Å². The Hall–Kier alpha value is -0.830. The number of benzene rings is 1. The molecule has 1 aliphatic carbocycles. The number of carbonyl (C=O) groups is 1. The normalized spacial score (nSPS) is 22.7. The summed E-state index contributed by atoms with van der Waals surface area (Å²) in [5, 5.41) is 3.19. The van der Waals surface area contributed by atoms with Crippen LogP contribution in [-0.2, 0) is 11.2 Å². The minimum Gasteiger partial charge on any atom is -0.348 e. The van der Waals surface area contributed by atoms with Gasteiger partial charge in [0.2, 0.25) is 5.91 Å². The molecule has 1 aromatic rings. The number of carbonyl (C=O) groups excluding carboxylic acids is 1. The molecule has 0 heterocycles. The Kier molecular flexibility index (Phi) is 3.81. The molecule has 0 bridgehead atoms.